The van der Waals surface area contributed by atoms with Crippen molar-refractivity contribution < 1.29 is 20.1 Å². The largest absolute Gasteiger partial charge is 0.494 e. The lowest BCUT2D eigenvalue weighted by Crippen LogP contribution is -1.84. The molecule has 5 heteroatoms. The first-order valence-electron chi connectivity index (χ1n) is 3.11. The fourth-order valence-corrected chi connectivity index (χ4v) is 0.733. The topological polar surface area (TPSA) is 93.5 Å². The minimum Gasteiger partial charge on any atom is -0.494 e. The number of aromatic hydroxyl groups is 2. The lowest BCUT2D eigenvalue weighted by atomic mass is 10.3. The van der Waals surface area contributed by atoms with Crippen LogP contribution >= 0.6 is 0 Å². The maximum Gasteiger partial charge on any atom is 0.328 e. The van der Waals surface area contributed by atoms with Crippen LogP contribution in [0.5, 0.6) is 11.8 Å². The maximum atomic E-state index is 10.0. The Labute approximate surface area is 67.6 Å². The number of carbonyl (C=O) groups is 1. The Morgan fingerprint density at radius 3 is 2.58 bits per heavy atom. The van der Waals surface area contributed by atoms with Crippen molar-refractivity contribution in [3.05, 3.63) is 17.7 Å². The molecule has 1 rings (SSSR count). The quantitative estimate of drug-likeness (QED) is 0.485. The third-order valence-corrected chi connectivity index (χ3v) is 1.22. The van der Waals surface area contributed by atoms with Crippen molar-refractivity contribution in [2.24, 2.45) is 0 Å². The average Bonchev–Trinajstić information content (AvgIpc) is 2.26. The zero-order valence-corrected chi connectivity index (χ0v) is 5.98. The molecule has 64 valence electrons. The lowest BCUT2D eigenvalue weighted by Gasteiger charge is -1.85. The highest BCUT2D eigenvalue weighted by molar-refractivity contribution is 5.85. The van der Waals surface area contributed by atoms with Crippen LogP contribution in [-0.4, -0.2) is 26.3 Å². The number of carboxylic acids is 1. The van der Waals surface area contributed by atoms with Gasteiger partial charge in [-0.05, 0) is 6.08 Å². The molecule has 0 aliphatic rings. The van der Waals surface area contributed by atoms with Gasteiger partial charge >= 0.3 is 5.97 Å². The number of hydrogen-bond acceptors (Lipinski definition) is 3. The SMILES string of the molecule is O=C(O)C=Cc1cc(O)[nH]c1O. The molecule has 1 aromatic rings. The van der Waals surface area contributed by atoms with E-state index in [4.69, 9.17) is 15.3 Å². The summed E-state index contributed by atoms with van der Waals surface area (Å²) in [4.78, 5) is 12.2. The minimum absolute atomic E-state index is 0.211. The third-order valence-electron chi connectivity index (χ3n) is 1.22. The Kier molecular flexibility index (Phi) is 2.05. The molecule has 0 spiro atoms. The van der Waals surface area contributed by atoms with Gasteiger partial charge in [0.05, 0.1) is 0 Å². The second-order valence-corrected chi connectivity index (χ2v) is 2.13. The third kappa shape index (κ3) is 1.79. The molecular weight excluding hydrogens is 162 g/mol. The Hall–Kier alpha value is -1.91. The molecular formula is C7H7NO4. The van der Waals surface area contributed by atoms with E-state index in [1.807, 2.05) is 0 Å². The summed E-state index contributed by atoms with van der Waals surface area (Å²) in [6, 6.07) is 1.22. The summed E-state index contributed by atoms with van der Waals surface area (Å²) in [5, 5.41) is 26.0. The predicted molar refractivity (Wildman–Crippen MR) is 40.8 cm³/mol. The summed E-state index contributed by atoms with van der Waals surface area (Å²) in [5.41, 5.74) is 0.231. The lowest BCUT2D eigenvalue weighted by molar-refractivity contribution is -0.131. The van der Waals surface area contributed by atoms with Crippen LogP contribution in [0.25, 0.3) is 6.08 Å². The minimum atomic E-state index is -1.12. The Morgan fingerprint density at radius 2 is 2.17 bits per heavy atom. The van der Waals surface area contributed by atoms with Gasteiger partial charge in [-0.2, -0.15) is 0 Å². The number of hydrogen-bond donors (Lipinski definition) is 4. The summed E-state index contributed by atoms with van der Waals surface area (Å²) in [5.74, 6) is -1.59. The van der Waals surface area contributed by atoms with Crippen molar-refractivity contribution in [3.8, 4) is 11.8 Å². The molecule has 12 heavy (non-hydrogen) atoms. The van der Waals surface area contributed by atoms with Crippen molar-refractivity contribution in [3.63, 3.8) is 0 Å². The summed E-state index contributed by atoms with van der Waals surface area (Å²) >= 11 is 0. The summed E-state index contributed by atoms with van der Waals surface area (Å²) in [7, 11) is 0. The van der Waals surface area contributed by atoms with E-state index in [1.165, 1.54) is 12.1 Å². The van der Waals surface area contributed by atoms with Crippen molar-refractivity contribution in [1.29, 1.82) is 0 Å². The molecule has 0 aromatic carbocycles. The van der Waals surface area contributed by atoms with Crippen LogP contribution in [0, 0.1) is 0 Å². The van der Waals surface area contributed by atoms with Gasteiger partial charge in [0.15, 0.2) is 11.8 Å². The van der Waals surface area contributed by atoms with Crippen LogP contribution in [0.2, 0.25) is 0 Å². The Bertz CT molecular complexity index is 326. The van der Waals surface area contributed by atoms with Gasteiger partial charge in [0, 0.05) is 17.7 Å². The van der Waals surface area contributed by atoms with Gasteiger partial charge in [0.25, 0.3) is 0 Å². The normalized spacial score (nSPS) is 10.7. The average molecular weight is 169 g/mol. The van der Waals surface area contributed by atoms with Gasteiger partial charge in [0.2, 0.25) is 0 Å². The van der Waals surface area contributed by atoms with E-state index in [0.29, 0.717) is 0 Å². The molecule has 0 unspecified atom stereocenters. The van der Waals surface area contributed by atoms with E-state index in [-0.39, 0.29) is 17.3 Å². The fourth-order valence-electron chi connectivity index (χ4n) is 0.733. The van der Waals surface area contributed by atoms with Gasteiger partial charge in [-0.1, -0.05) is 0 Å². The van der Waals surface area contributed by atoms with Gasteiger partial charge in [-0.3, -0.25) is 4.98 Å². The van der Waals surface area contributed by atoms with E-state index in [2.05, 4.69) is 4.98 Å². The summed E-state index contributed by atoms with van der Waals surface area (Å²) in [6.07, 6.45) is 2.04. The number of nitrogens with one attached hydrogen (secondary N) is 1. The van der Waals surface area contributed by atoms with E-state index >= 15 is 0 Å². The molecule has 0 bridgehead atoms. The van der Waals surface area contributed by atoms with E-state index < -0.39 is 5.97 Å². The molecule has 0 saturated carbocycles. The smallest absolute Gasteiger partial charge is 0.328 e. The van der Waals surface area contributed by atoms with Crippen LogP contribution in [0.1, 0.15) is 5.56 Å². The number of H-pyrrole nitrogens is 1. The molecule has 4 N–H and O–H groups in total. The van der Waals surface area contributed by atoms with E-state index in [0.717, 1.165) is 6.08 Å². The van der Waals surface area contributed by atoms with Crippen molar-refractivity contribution >= 4 is 12.0 Å². The number of rotatable bonds is 2. The van der Waals surface area contributed by atoms with Crippen LogP contribution in [0.15, 0.2) is 12.1 Å². The summed E-state index contributed by atoms with van der Waals surface area (Å²) < 4.78 is 0. The van der Waals surface area contributed by atoms with Crippen LogP contribution in [0.4, 0.5) is 0 Å². The monoisotopic (exact) mass is 169 g/mol. The first-order chi connectivity index (χ1) is 5.59. The van der Waals surface area contributed by atoms with Crippen LogP contribution in [0.3, 0.4) is 0 Å². The standard InChI is InChI=1S/C7H7NO4/c9-5-3-4(7(12)8-5)1-2-6(10)11/h1-3,8-9,12H,(H,10,11). The van der Waals surface area contributed by atoms with E-state index in [9.17, 15) is 4.79 Å². The molecule has 0 fully saturated rings. The van der Waals surface area contributed by atoms with Gasteiger partial charge in [-0.15, -0.1) is 0 Å². The zero-order valence-electron chi connectivity index (χ0n) is 5.98. The van der Waals surface area contributed by atoms with Gasteiger partial charge in [0.1, 0.15) is 0 Å². The maximum absolute atomic E-state index is 10.0. The fraction of sp³-hybridized carbons (Fsp3) is 0. The van der Waals surface area contributed by atoms with Crippen molar-refractivity contribution in [1.82, 2.24) is 4.98 Å². The van der Waals surface area contributed by atoms with Gasteiger partial charge < -0.3 is 15.3 Å². The van der Waals surface area contributed by atoms with Crippen molar-refractivity contribution in [2.45, 2.75) is 0 Å². The first-order valence-corrected chi connectivity index (χ1v) is 3.11. The second kappa shape index (κ2) is 3.00. The van der Waals surface area contributed by atoms with Crippen LogP contribution < -0.4 is 0 Å². The van der Waals surface area contributed by atoms with Crippen LogP contribution in [-0.2, 0) is 4.79 Å². The Morgan fingerprint density at radius 1 is 1.50 bits per heavy atom. The number of carboxylic acid groups (broad SMARTS) is 1. The van der Waals surface area contributed by atoms with Gasteiger partial charge in [-0.25, -0.2) is 4.79 Å². The molecule has 0 aliphatic carbocycles. The highest BCUT2D eigenvalue weighted by atomic mass is 16.4. The molecule has 0 atom stereocenters. The zero-order chi connectivity index (χ0) is 9.14. The predicted octanol–water partition coefficient (Wildman–Crippen LogP) is 0.524. The summed E-state index contributed by atoms with van der Waals surface area (Å²) in [6.45, 7) is 0. The molecule has 0 aliphatic heterocycles. The van der Waals surface area contributed by atoms with E-state index in [1.54, 1.807) is 0 Å². The molecule has 5 nitrogen and oxygen atoms in total. The first kappa shape index (κ1) is 8.19. The highest BCUT2D eigenvalue weighted by Gasteiger charge is 2.02. The highest BCUT2D eigenvalue weighted by Crippen LogP contribution is 2.22. The molecule has 1 aromatic heterocycles. The second-order valence-electron chi connectivity index (χ2n) is 2.13. The molecule has 1 heterocycles. The van der Waals surface area contributed by atoms with Crippen molar-refractivity contribution in [2.75, 3.05) is 0 Å². The number of aromatic nitrogens is 1. The molecule has 0 saturated heterocycles. The molecule has 0 amide bonds. The number of aromatic amines is 1. The molecule has 0 radical (unpaired) electrons. The Balaban J connectivity index is 2.89. The number of aliphatic carboxylic acids is 1.